The predicted octanol–water partition coefficient (Wildman–Crippen LogP) is 2.88. The number of rotatable bonds is 8. The van der Waals surface area contributed by atoms with Gasteiger partial charge in [-0.1, -0.05) is 26.0 Å². The summed E-state index contributed by atoms with van der Waals surface area (Å²) >= 11 is 0. The largest absolute Gasteiger partial charge is 0.497 e. The monoisotopic (exact) mass is 560 g/mol. The number of nitrogens with one attached hydrogen (secondary N) is 2. The zero-order chi connectivity index (χ0) is 22.1. The van der Waals surface area contributed by atoms with Gasteiger partial charge in [-0.05, 0) is 36.5 Å². The number of hydrogen-bond donors (Lipinski definition) is 2. The average molecular weight is 561 g/mol. The number of ether oxygens (including phenoxy) is 3. The lowest BCUT2D eigenvalue weighted by molar-refractivity contribution is 0.00750. The second-order valence-corrected chi connectivity index (χ2v) is 8.89. The van der Waals surface area contributed by atoms with Gasteiger partial charge in [0.25, 0.3) is 0 Å². The molecular formula is C24H41IN4O3. The number of aliphatic imine (C=N–C) groups is 1. The molecule has 2 aliphatic heterocycles. The van der Waals surface area contributed by atoms with Crippen molar-refractivity contribution in [3.63, 3.8) is 0 Å². The van der Waals surface area contributed by atoms with Gasteiger partial charge in [-0.3, -0.25) is 9.89 Å². The Balaban J connectivity index is 0.00000363. The molecule has 0 aromatic heterocycles. The lowest BCUT2D eigenvalue weighted by Gasteiger charge is -2.39. The van der Waals surface area contributed by atoms with Crippen LogP contribution in [0, 0.1) is 5.92 Å². The van der Waals surface area contributed by atoms with Crippen LogP contribution in [0.5, 0.6) is 5.75 Å². The van der Waals surface area contributed by atoms with Crippen LogP contribution < -0.4 is 15.4 Å². The maximum atomic E-state index is 5.68. The summed E-state index contributed by atoms with van der Waals surface area (Å²) in [5.41, 5.74) is 1.36. The van der Waals surface area contributed by atoms with Gasteiger partial charge in [0.05, 0.1) is 20.3 Å². The maximum Gasteiger partial charge on any atom is 0.191 e. The molecule has 0 bridgehead atoms. The van der Waals surface area contributed by atoms with Crippen LogP contribution >= 0.6 is 24.0 Å². The minimum atomic E-state index is 0. The topological polar surface area (TPSA) is 67.4 Å². The van der Waals surface area contributed by atoms with E-state index in [0.29, 0.717) is 12.0 Å². The first-order chi connectivity index (χ1) is 15.1. The molecule has 7 nitrogen and oxygen atoms in total. The first-order valence-electron chi connectivity index (χ1n) is 11.6. The molecule has 1 atom stereocenters. The SMILES string of the molecule is CN=C(NCC(C(C)C)N1CCOCC1)NCC1(c2ccc(OC)cc2)CCOCC1.I. The highest BCUT2D eigenvalue weighted by Crippen LogP contribution is 2.35. The molecule has 0 radical (unpaired) electrons. The molecule has 0 saturated carbocycles. The highest BCUT2D eigenvalue weighted by molar-refractivity contribution is 14.0. The van der Waals surface area contributed by atoms with Crippen molar-refractivity contribution < 1.29 is 14.2 Å². The second-order valence-electron chi connectivity index (χ2n) is 8.89. The van der Waals surface area contributed by atoms with E-state index in [4.69, 9.17) is 14.2 Å². The smallest absolute Gasteiger partial charge is 0.191 e. The van der Waals surface area contributed by atoms with Gasteiger partial charge in [0.1, 0.15) is 5.75 Å². The quantitative estimate of drug-likeness (QED) is 0.290. The van der Waals surface area contributed by atoms with Crippen molar-refractivity contribution in [2.24, 2.45) is 10.9 Å². The van der Waals surface area contributed by atoms with Crippen LogP contribution in [0.2, 0.25) is 0 Å². The highest BCUT2D eigenvalue weighted by Gasteiger charge is 2.35. The van der Waals surface area contributed by atoms with E-state index in [0.717, 1.165) is 77.2 Å². The van der Waals surface area contributed by atoms with Gasteiger partial charge < -0.3 is 24.8 Å². The molecule has 2 heterocycles. The molecule has 2 N–H and O–H groups in total. The summed E-state index contributed by atoms with van der Waals surface area (Å²) in [6.07, 6.45) is 1.98. The number of halogens is 1. The standard InChI is InChI=1S/C24H40N4O3.HI/c1-19(2)22(28-11-15-31-16-12-28)17-26-23(25-3)27-18-24(9-13-30-14-10-24)20-5-7-21(29-4)8-6-20;/h5-8,19,22H,9-18H2,1-4H3,(H2,25,26,27);1H. The second kappa shape index (κ2) is 13.6. The van der Waals surface area contributed by atoms with Gasteiger partial charge in [-0.2, -0.15) is 0 Å². The summed E-state index contributed by atoms with van der Waals surface area (Å²) in [6.45, 7) is 11.5. The Kier molecular flexibility index (Phi) is 11.5. The number of guanidine groups is 1. The number of morpholine rings is 1. The summed E-state index contributed by atoms with van der Waals surface area (Å²) in [6, 6.07) is 8.94. The fourth-order valence-corrected chi connectivity index (χ4v) is 4.64. The van der Waals surface area contributed by atoms with Crippen LogP contribution in [0.3, 0.4) is 0 Å². The number of methoxy groups -OCH3 is 1. The Morgan fingerprint density at radius 3 is 2.25 bits per heavy atom. The Hall–Kier alpha value is -1.10. The molecule has 2 aliphatic rings. The molecule has 2 saturated heterocycles. The van der Waals surface area contributed by atoms with Crippen LogP contribution in [0.1, 0.15) is 32.3 Å². The van der Waals surface area contributed by atoms with Gasteiger partial charge in [-0.25, -0.2) is 0 Å². The molecule has 0 spiro atoms. The molecule has 1 aromatic carbocycles. The molecule has 3 rings (SSSR count). The summed E-state index contributed by atoms with van der Waals surface area (Å²) in [4.78, 5) is 7.03. The van der Waals surface area contributed by atoms with E-state index in [9.17, 15) is 0 Å². The Bertz CT molecular complexity index is 687. The molecule has 32 heavy (non-hydrogen) atoms. The minimum Gasteiger partial charge on any atom is -0.497 e. The summed E-state index contributed by atoms with van der Waals surface area (Å²) in [7, 11) is 3.55. The van der Waals surface area contributed by atoms with Crippen LogP contribution in [0.25, 0.3) is 0 Å². The summed E-state index contributed by atoms with van der Waals surface area (Å²) < 4.78 is 16.6. The van der Waals surface area contributed by atoms with Crippen molar-refractivity contribution in [2.45, 2.75) is 38.1 Å². The first-order valence-corrected chi connectivity index (χ1v) is 11.6. The molecule has 182 valence electrons. The fraction of sp³-hybridized carbons (Fsp3) is 0.708. The van der Waals surface area contributed by atoms with Gasteiger partial charge in [0.2, 0.25) is 0 Å². The van der Waals surface area contributed by atoms with Gasteiger partial charge in [-0.15, -0.1) is 24.0 Å². The minimum absolute atomic E-state index is 0. The lowest BCUT2D eigenvalue weighted by Crippen LogP contribution is -2.54. The van der Waals surface area contributed by atoms with Gasteiger partial charge >= 0.3 is 0 Å². The first kappa shape index (κ1) is 27.1. The van der Waals surface area contributed by atoms with Crippen LogP contribution in [-0.4, -0.2) is 83.7 Å². The average Bonchev–Trinajstić information content (AvgIpc) is 2.82. The van der Waals surface area contributed by atoms with Crippen molar-refractivity contribution in [1.29, 1.82) is 0 Å². The maximum absolute atomic E-state index is 5.68. The Labute approximate surface area is 210 Å². The van der Waals surface area contributed by atoms with E-state index in [1.165, 1.54) is 5.56 Å². The molecule has 0 amide bonds. The molecule has 2 fully saturated rings. The van der Waals surface area contributed by atoms with Crippen LogP contribution in [0.4, 0.5) is 0 Å². The molecular weight excluding hydrogens is 519 g/mol. The molecule has 1 aromatic rings. The highest BCUT2D eigenvalue weighted by atomic mass is 127. The van der Waals surface area contributed by atoms with E-state index in [1.54, 1.807) is 7.11 Å². The van der Waals surface area contributed by atoms with Gasteiger partial charge in [0.15, 0.2) is 5.96 Å². The molecule has 8 heteroatoms. The van der Waals surface area contributed by atoms with Crippen molar-refractivity contribution in [2.75, 3.05) is 66.8 Å². The van der Waals surface area contributed by atoms with Crippen molar-refractivity contribution in [1.82, 2.24) is 15.5 Å². The van der Waals surface area contributed by atoms with E-state index < -0.39 is 0 Å². The normalized spacial score (nSPS) is 20.3. The number of benzene rings is 1. The number of hydrogen-bond acceptors (Lipinski definition) is 5. The van der Waals surface area contributed by atoms with E-state index >= 15 is 0 Å². The van der Waals surface area contributed by atoms with Crippen LogP contribution in [-0.2, 0) is 14.9 Å². The van der Waals surface area contributed by atoms with Crippen molar-refractivity contribution >= 4 is 29.9 Å². The summed E-state index contributed by atoms with van der Waals surface area (Å²) in [5.74, 6) is 2.31. The van der Waals surface area contributed by atoms with Crippen LogP contribution in [0.15, 0.2) is 29.3 Å². The molecule has 0 aliphatic carbocycles. The van der Waals surface area contributed by atoms with E-state index in [1.807, 2.05) is 7.05 Å². The fourth-order valence-electron chi connectivity index (χ4n) is 4.64. The lowest BCUT2D eigenvalue weighted by atomic mass is 9.74. The van der Waals surface area contributed by atoms with Gasteiger partial charge in [0, 0.05) is 57.9 Å². The zero-order valence-corrected chi connectivity index (χ0v) is 22.4. The van der Waals surface area contributed by atoms with E-state index in [-0.39, 0.29) is 29.4 Å². The number of nitrogens with zero attached hydrogens (tertiary/aromatic N) is 2. The predicted molar refractivity (Wildman–Crippen MR) is 141 cm³/mol. The zero-order valence-electron chi connectivity index (χ0n) is 20.1. The van der Waals surface area contributed by atoms with Crippen molar-refractivity contribution in [3.8, 4) is 5.75 Å². The summed E-state index contributed by atoms with van der Waals surface area (Å²) in [5, 5.41) is 7.19. The third kappa shape index (κ3) is 7.20. The van der Waals surface area contributed by atoms with Crippen molar-refractivity contribution in [3.05, 3.63) is 29.8 Å². The molecule has 1 unspecified atom stereocenters. The Morgan fingerprint density at radius 2 is 1.69 bits per heavy atom. The van der Waals surface area contributed by atoms with E-state index in [2.05, 4.69) is 58.6 Å². The Morgan fingerprint density at radius 1 is 1.06 bits per heavy atom. The third-order valence-electron chi connectivity index (χ3n) is 6.73. The third-order valence-corrected chi connectivity index (χ3v) is 6.73.